The van der Waals surface area contributed by atoms with E-state index in [1.807, 2.05) is 0 Å². The summed E-state index contributed by atoms with van der Waals surface area (Å²) in [5.74, 6) is -0.346. The molecule has 1 unspecified atom stereocenters. The molecule has 7 heteroatoms. The van der Waals surface area contributed by atoms with Crippen LogP contribution in [-0.4, -0.2) is 37.3 Å². The van der Waals surface area contributed by atoms with Gasteiger partial charge in [-0.15, -0.1) is 0 Å². The summed E-state index contributed by atoms with van der Waals surface area (Å²) in [5.41, 5.74) is -0.248. The molecule has 1 fully saturated rings. The van der Waals surface area contributed by atoms with Crippen LogP contribution in [-0.2, 0) is 11.0 Å². The molecule has 1 aromatic carbocycles. The number of hydrogen-bond donors (Lipinski definition) is 1. The lowest BCUT2D eigenvalue weighted by Gasteiger charge is -2.23. The van der Waals surface area contributed by atoms with Crippen molar-refractivity contribution in [2.24, 2.45) is 0 Å². The minimum Gasteiger partial charge on any atom is -0.391 e. The number of anilines is 2. The van der Waals surface area contributed by atoms with Gasteiger partial charge in [0.15, 0.2) is 0 Å². The predicted molar refractivity (Wildman–Crippen MR) is 73.4 cm³/mol. The smallest absolute Gasteiger partial charge is 0.391 e. The molecular weight excluding hydrogens is 285 g/mol. The minimum atomic E-state index is -4.49. The third kappa shape index (κ3) is 3.47. The molecule has 1 amide bonds. The van der Waals surface area contributed by atoms with Crippen LogP contribution in [0.4, 0.5) is 24.5 Å². The molecule has 116 valence electrons. The number of β-amino-alcohol motifs (C(OH)–C–C–N with tert-alkyl or cyclic N) is 1. The Kier molecular flexibility index (Phi) is 4.13. The summed E-state index contributed by atoms with van der Waals surface area (Å²) in [6.07, 6.45) is -4.50. The Morgan fingerprint density at radius 1 is 1.38 bits per heavy atom. The molecule has 1 atom stereocenters. The van der Waals surface area contributed by atoms with Crippen LogP contribution < -0.4 is 9.80 Å². The van der Waals surface area contributed by atoms with Crippen molar-refractivity contribution in [2.45, 2.75) is 25.6 Å². The molecule has 1 heterocycles. The number of carbonyl (C=O) groups is 1. The van der Waals surface area contributed by atoms with E-state index in [0.29, 0.717) is 25.2 Å². The van der Waals surface area contributed by atoms with Crippen molar-refractivity contribution in [3.8, 4) is 0 Å². The molecule has 1 N–H and O–H groups in total. The zero-order valence-corrected chi connectivity index (χ0v) is 11.8. The third-order valence-electron chi connectivity index (χ3n) is 3.62. The summed E-state index contributed by atoms with van der Waals surface area (Å²) < 4.78 is 39.0. The Balaban J connectivity index is 2.44. The highest BCUT2D eigenvalue weighted by molar-refractivity contribution is 5.91. The van der Waals surface area contributed by atoms with Gasteiger partial charge in [-0.3, -0.25) is 4.79 Å². The number of aliphatic hydroxyl groups excluding tert-OH is 1. The summed E-state index contributed by atoms with van der Waals surface area (Å²) in [6.45, 7) is 2.08. The topological polar surface area (TPSA) is 43.8 Å². The van der Waals surface area contributed by atoms with Crippen LogP contribution >= 0.6 is 0 Å². The predicted octanol–water partition coefficient (Wildman–Crippen LogP) is 2.26. The van der Waals surface area contributed by atoms with Crippen molar-refractivity contribution in [3.63, 3.8) is 0 Å². The van der Waals surface area contributed by atoms with Gasteiger partial charge in [-0.2, -0.15) is 13.2 Å². The van der Waals surface area contributed by atoms with Gasteiger partial charge < -0.3 is 14.9 Å². The molecule has 21 heavy (non-hydrogen) atoms. The molecule has 0 radical (unpaired) electrons. The molecular formula is C14H17F3N2O2. The van der Waals surface area contributed by atoms with Crippen LogP contribution in [0.1, 0.15) is 18.9 Å². The minimum absolute atomic E-state index is 0.189. The van der Waals surface area contributed by atoms with E-state index in [1.54, 1.807) is 4.90 Å². The van der Waals surface area contributed by atoms with E-state index in [1.165, 1.54) is 24.9 Å². The van der Waals surface area contributed by atoms with Crippen LogP contribution in [0.15, 0.2) is 18.2 Å². The SMILES string of the molecule is CC(=O)N(C)c1cc(N2CCC(O)C2)cc(C(F)(F)F)c1. The quantitative estimate of drug-likeness (QED) is 0.911. The molecule has 0 saturated carbocycles. The highest BCUT2D eigenvalue weighted by atomic mass is 19.4. The lowest BCUT2D eigenvalue weighted by atomic mass is 10.1. The Morgan fingerprint density at radius 2 is 2.05 bits per heavy atom. The second-order valence-electron chi connectivity index (χ2n) is 5.20. The molecule has 1 aliphatic rings. The fraction of sp³-hybridized carbons (Fsp3) is 0.500. The van der Waals surface area contributed by atoms with Gasteiger partial charge in [-0.1, -0.05) is 0 Å². The number of hydrogen-bond acceptors (Lipinski definition) is 3. The molecule has 0 aliphatic carbocycles. The van der Waals surface area contributed by atoms with E-state index in [2.05, 4.69) is 0 Å². The fourth-order valence-electron chi connectivity index (χ4n) is 2.29. The summed E-state index contributed by atoms with van der Waals surface area (Å²) in [4.78, 5) is 14.2. The van der Waals surface area contributed by atoms with Crippen LogP contribution in [0, 0.1) is 0 Å². The van der Waals surface area contributed by atoms with E-state index in [0.717, 1.165) is 12.1 Å². The zero-order valence-electron chi connectivity index (χ0n) is 11.8. The molecule has 2 rings (SSSR count). The summed E-state index contributed by atoms with van der Waals surface area (Å²) >= 11 is 0. The number of nitrogens with zero attached hydrogens (tertiary/aromatic N) is 2. The van der Waals surface area contributed by atoms with E-state index >= 15 is 0 Å². The second kappa shape index (κ2) is 5.55. The zero-order chi connectivity index (χ0) is 15.8. The Labute approximate surface area is 120 Å². The highest BCUT2D eigenvalue weighted by Gasteiger charge is 2.33. The van der Waals surface area contributed by atoms with E-state index in [-0.39, 0.29) is 11.6 Å². The summed E-state index contributed by atoms with van der Waals surface area (Å²) in [6, 6.07) is 3.54. The monoisotopic (exact) mass is 302 g/mol. The normalized spacial score (nSPS) is 19.0. The van der Waals surface area contributed by atoms with Gasteiger partial charge in [-0.05, 0) is 24.6 Å². The number of alkyl halides is 3. The van der Waals surface area contributed by atoms with Gasteiger partial charge in [-0.25, -0.2) is 0 Å². The van der Waals surface area contributed by atoms with Gasteiger partial charge >= 0.3 is 6.18 Å². The van der Waals surface area contributed by atoms with E-state index < -0.39 is 17.8 Å². The van der Waals surface area contributed by atoms with Crippen LogP contribution in [0.2, 0.25) is 0 Å². The molecule has 1 saturated heterocycles. The van der Waals surface area contributed by atoms with Crippen molar-refractivity contribution < 1.29 is 23.1 Å². The van der Waals surface area contributed by atoms with Crippen LogP contribution in [0.5, 0.6) is 0 Å². The van der Waals surface area contributed by atoms with Gasteiger partial charge in [0, 0.05) is 38.4 Å². The van der Waals surface area contributed by atoms with Crippen molar-refractivity contribution in [3.05, 3.63) is 23.8 Å². The first kappa shape index (κ1) is 15.6. The standard InChI is InChI=1S/C14H17F3N2O2/c1-9(20)18(2)11-5-10(14(15,16)17)6-12(7-11)19-4-3-13(21)8-19/h5-7,13,21H,3-4,8H2,1-2H3. The van der Waals surface area contributed by atoms with E-state index in [9.17, 15) is 23.1 Å². The largest absolute Gasteiger partial charge is 0.416 e. The van der Waals surface area contributed by atoms with E-state index in [4.69, 9.17) is 0 Å². The van der Waals surface area contributed by atoms with Gasteiger partial charge in [0.25, 0.3) is 0 Å². The molecule has 1 aromatic rings. The lowest BCUT2D eigenvalue weighted by molar-refractivity contribution is -0.137. The molecule has 0 spiro atoms. The first-order valence-corrected chi connectivity index (χ1v) is 6.58. The van der Waals surface area contributed by atoms with Crippen molar-refractivity contribution >= 4 is 17.3 Å². The molecule has 1 aliphatic heterocycles. The Hall–Kier alpha value is -1.76. The number of amides is 1. The van der Waals surface area contributed by atoms with Gasteiger partial charge in [0.1, 0.15) is 0 Å². The third-order valence-corrected chi connectivity index (χ3v) is 3.62. The van der Waals surface area contributed by atoms with Crippen LogP contribution in [0.25, 0.3) is 0 Å². The summed E-state index contributed by atoms with van der Waals surface area (Å²) in [7, 11) is 1.43. The Morgan fingerprint density at radius 3 is 2.52 bits per heavy atom. The first-order chi connectivity index (χ1) is 9.68. The maximum atomic E-state index is 13.0. The van der Waals surface area contributed by atoms with Crippen LogP contribution in [0.3, 0.4) is 0 Å². The molecule has 0 aromatic heterocycles. The molecule has 4 nitrogen and oxygen atoms in total. The number of aliphatic hydroxyl groups is 1. The average molecular weight is 302 g/mol. The summed E-state index contributed by atoms with van der Waals surface area (Å²) in [5, 5.41) is 9.53. The lowest BCUT2D eigenvalue weighted by Crippen LogP contribution is -2.25. The maximum absolute atomic E-state index is 13.0. The fourth-order valence-corrected chi connectivity index (χ4v) is 2.29. The maximum Gasteiger partial charge on any atom is 0.416 e. The highest BCUT2D eigenvalue weighted by Crippen LogP contribution is 2.36. The average Bonchev–Trinajstić information content (AvgIpc) is 2.83. The number of rotatable bonds is 2. The van der Waals surface area contributed by atoms with Crippen molar-refractivity contribution in [1.82, 2.24) is 0 Å². The number of halogens is 3. The molecule has 0 bridgehead atoms. The number of benzene rings is 1. The van der Waals surface area contributed by atoms with Crippen molar-refractivity contribution in [1.29, 1.82) is 0 Å². The number of carbonyl (C=O) groups excluding carboxylic acids is 1. The van der Waals surface area contributed by atoms with Gasteiger partial charge in [0.2, 0.25) is 5.91 Å². The van der Waals surface area contributed by atoms with Crippen molar-refractivity contribution in [2.75, 3.05) is 29.9 Å². The second-order valence-corrected chi connectivity index (χ2v) is 5.20. The first-order valence-electron chi connectivity index (χ1n) is 6.58. The van der Waals surface area contributed by atoms with Gasteiger partial charge in [0.05, 0.1) is 11.7 Å². The Bertz CT molecular complexity index is 546.